The number of hydrogen-bond acceptors (Lipinski definition) is 4. The molecule has 0 spiro atoms. The molecular formula is C14H15BrClFN2O3S. The molecule has 126 valence electrons. The summed E-state index contributed by atoms with van der Waals surface area (Å²) in [7, 11) is -4.02. The lowest BCUT2D eigenvalue weighted by Crippen LogP contribution is -2.13. The van der Waals surface area contributed by atoms with Crippen LogP contribution in [0.5, 0.6) is 0 Å². The summed E-state index contributed by atoms with van der Waals surface area (Å²) < 4.78 is 41.6. The molecule has 1 aliphatic heterocycles. The van der Waals surface area contributed by atoms with Crippen LogP contribution in [0.1, 0.15) is 19.3 Å². The van der Waals surface area contributed by atoms with Gasteiger partial charge in [-0.05, 0) is 31.4 Å². The fraction of sp³-hybridized carbons (Fsp3) is 0.357. The Kier molecular flexibility index (Phi) is 6.33. The molecule has 0 amide bonds. The molecular weight excluding hydrogens is 411 g/mol. The summed E-state index contributed by atoms with van der Waals surface area (Å²) in [6.45, 7) is 2.00. The van der Waals surface area contributed by atoms with Gasteiger partial charge in [0, 0.05) is 23.9 Å². The molecule has 0 radical (unpaired) electrons. The van der Waals surface area contributed by atoms with Gasteiger partial charge in [-0.15, -0.1) is 0 Å². The topological polar surface area (TPSA) is 82.3 Å². The van der Waals surface area contributed by atoms with Crippen LogP contribution in [0, 0.1) is 5.82 Å². The van der Waals surface area contributed by atoms with Crippen LogP contribution in [-0.2, 0) is 14.8 Å². The molecule has 1 aliphatic rings. The lowest BCUT2D eigenvalue weighted by Gasteiger charge is -2.08. The van der Waals surface area contributed by atoms with Gasteiger partial charge in [0.2, 0.25) is 10.0 Å². The van der Waals surface area contributed by atoms with E-state index in [0.29, 0.717) is 4.47 Å². The molecule has 1 fully saturated rings. The van der Waals surface area contributed by atoms with Gasteiger partial charge in [-0.25, -0.2) is 17.9 Å². The maximum Gasteiger partial charge on any atom is 0.241 e. The Bertz CT molecular complexity index is 802. The third-order valence-electron chi connectivity index (χ3n) is 3.17. The Hall–Kier alpha value is -0.800. The van der Waals surface area contributed by atoms with E-state index in [2.05, 4.69) is 20.9 Å². The van der Waals surface area contributed by atoms with Crippen molar-refractivity contribution in [1.82, 2.24) is 4.98 Å². The van der Waals surface area contributed by atoms with Crippen molar-refractivity contribution in [2.75, 3.05) is 13.2 Å². The maximum atomic E-state index is 13.7. The number of nitrogens with zero attached hydrogens (tertiary/aromatic N) is 1. The molecule has 0 bridgehead atoms. The number of hydrogen-bond donors (Lipinski definition) is 1. The summed E-state index contributed by atoms with van der Waals surface area (Å²) in [4.78, 5) is 3.42. The molecule has 23 heavy (non-hydrogen) atoms. The van der Waals surface area contributed by atoms with Crippen molar-refractivity contribution in [2.24, 2.45) is 5.14 Å². The molecule has 3 rings (SSSR count). The summed E-state index contributed by atoms with van der Waals surface area (Å²) >= 11 is 8.93. The molecule has 2 aromatic rings. The van der Waals surface area contributed by atoms with Crippen LogP contribution in [0.2, 0.25) is 5.02 Å². The molecule has 2 N–H and O–H groups in total. The van der Waals surface area contributed by atoms with Gasteiger partial charge in [-0.1, -0.05) is 27.5 Å². The zero-order chi connectivity index (χ0) is 17.0. The molecule has 2 heterocycles. The highest BCUT2D eigenvalue weighted by atomic mass is 79.9. The first kappa shape index (κ1) is 18.5. The van der Waals surface area contributed by atoms with Gasteiger partial charge >= 0.3 is 0 Å². The van der Waals surface area contributed by atoms with E-state index in [1.165, 1.54) is 31.4 Å². The molecule has 1 aromatic heterocycles. The molecule has 0 saturated carbocycles. The summed E-state index contributed by atoms with van der Waals surface area (Å²) in [6, 6.07) is 2.69. The van der Waals surface area contributed by atoms with Crippen molar-refractivity contribution in [3.63, 3.8) is 0 Å². The molecule has 0 aliphatic carbocycles. The van der Waals surface area contributed by atoms with Gasteiger partial charge in [-0.2, -0.15) is 0 Å². The number of fused-ring (bicyclic) bond motifs is 1. The first-order chi connectivity index (χ1) is 10.8. The van der Waals surface area contributed by atoms with E-state index in [4.69, 9.17) is 21.5 Å². The van der Waals surface area contributed by atoms with E-state index < -0.39 is 20.7 Å². The van der Waals surface area contributed by atoms with Gasteiger partial charge in [0.1, 0.15) is 10.7 Å². The Balaban J connectivity index is 0.000000268. The van der Waals surface area contributed by atoms with Crippen LogP contribution >= 0.6 is 27.5 Å². The van der Waals surface area contributed by atoms with E-state index in [1.807, 2.05) is 0 Å². The molecule has 1 saturated heterocycles. The number of halogens is 3. The lowest BCUT2D eigenvalue weighted by atomic mass is 10.2. The molecule has 9 heteroatoms. The number of sulfonamides is 1. The zero-order valence-electron chi connectivity index (χ0n) is 12.1. The monoisotopic (exact) mass is 424 g/mol. The third-order valence-corrected chi connectivity index (χ3v) is 5.06. The maximum absolute atomic E-state index is 13.7. The number of benzene rings is 1. The minimum Gasteiger partial charge on any atom is -0.381 e. The van der Waals surface area contributed by atoms with Gasteiger partial charge in [0.05, 0.1) is 15.9 Å². The van der Waals surface area contributed by atoms with Gasteiger partial charge in [0.15, 0.2) is 0 Å². The fourth-order valence-corrected chi connectivity index (χ4v) is 3.60. The highest BCUT2D eigenvalue weighted by Gasteiger charge is 2.18. The number of aromatic nitrogens is 1. The summed E-state index contributed by atoms with van der Waals surface area (Å²) in [5.41, 5.74) is 0.245. The largest absolute Gasteiger partial charge is 0.381 e. The van der Waals surface area contributed by atoms with Crippen LogP contribution in [0.15, 0.2) is 27.7 Å². The Morgan fingerprint density at radius 1 is 1.26 bits per heavy atom. The second kappa shape index (κ2) is 7.85. The van der Waals surface area contributed by atoms with Crippen molar-refractivity contribution in [2.45, 2.75) is 24.2 Å². The van der Waals surface area contributed by atoms with Crippen LogP contribution in [0.25, 0.3) is 10.9 Å². The van der Waals surface area contributed by atoms with Crippen molar-refractivity contribution < 1.29 is 17.5 Å². The highest BCUT2D eigenvalue weighted by molar-refractivity contribution is 9.10. The number of nitrogens with two attached hydrogens (primary N) is 1. The first-order valence-electron chi connectivity index (χ1n) is 6.84. The van der Waals surface area contributed by atoms with E-state index in [0.717, 1.165) is 19.4 Å². The Labute approximate surface area is 147 Å². The first-order valence-corrected chi connectivity index (χ1v) is 9.56. The van der Waals surface area contributed by atoms with Crippen LogP contribution in [0.4, 0.5) is 4.39 Å². The Morgan fingerprint density at radius 3 is 2.39 bits per heavy atom. The van der Waals surface area contributed by atoms with Crippen LogP contribution in [-0.4, -0.2) is 26.6 Å². The van der Waals surface area contributed by atoms with E-state index in [-0.39, 0.29) is 15.9 Å². The second-order valence-corrected chi connectivity index (χ2v) is 7.76. The molecule has 5 nitrogen and oxygen atoms in total. The third kappa shape index (κ3) is 4.84. The number of rotatable bonds is 1. The lowest BCUT2D eigenvalue weighted by molar-refractivity contribution is 0.0968. The van der Waals surface area contributed by atoms with Gasteiger partial charge in [-0.3, -0.25) is 4.98 Å². The average molecular weight is 426 g/mol. The molecule has 1 aromatic carbocycles. The van der Waals surface area contributed by atoms with Crippen LogP contribution < -0.4 is 5.14 Å². The van der Waals surface area contributed by atoms with E-state index in [9.17, 15) is 12.8 Å². The van der Waals surface area contributed by atoms with E-state index in [1.54, 1.807) is 0 Å². The predicted molar refractivity (Wildman–Crippen MR) is 90.5 cm³/mol. The predicted octanol–water partition coefficient (Wildman–Crippen LogP) is 3.62. The van der Waals surface area contributed by atoms with Crippen LogP contribution in [0.3, 0.4) is 0 Å². The normalized spacial score (nSPS) is 15.1. The standard InChI is InChI=1S/C9H5BrClFN2O2S.C5H10O/c10-4-1-5(12)8-6(2-4)14-3-7(9(8)11)17(13,15)16;1-2-4-6-5-3-1/h1-3H,(H2,13,15,16);1-5H2. The molecule has 0 atom stereocenters. The minimum atomic E-state index is -4.02. The van der Waals surface area contributed by atoms with Gasteiger partial charge in [0.25, 0.3) is 0 Å². The SMILES string of the molecule is C1CCOCC1.NS(=O)(=O)c1cnc2cc(Br)cc(F)c2c1Cl. The van der Waals surface area contributed by atoms with Crippen molar-refractivity contribution in [3.05, 3.63) is 33.6 Å². The fourth-order valence-electron chi connectivity index (χ4n) is 2.07. The number of ether oxygens (including phenoxy) is 1. The van der Waals surface area contributed by atoms with Crippen molar-refractivity contribution in [3.8, 4) is 0 Å². The highest BCUT2D eigenvalue weighted by Crippen LogP contribution is 2.31. The number of primary sulfonamides is 1. The van der Waals surface area contributed by atoms with Crippen molar-refractivity contribution in [1.29, 1.82) is 0 Å². The molecule has 0 unspecified atom stereocenters. The number of pyridine rings is 1. The summed E-state index contributed by atoms with van der Waals surface area (Å²) in [5, 5.41) is 4.61. The summed E-state index contributed by atoms with van der Waals surface area (Å²) in [5.74, 6) is -0.669. The zero-order valence-corrected chi connectivity index (χ0v) is 15.2. The minimum absolute atomic E-state index is 0.0682. The van der Waals surface area contributed by atoms with Crippen molar-refractivity contribution >= 4 is 48.5 Å². The Morgan fingerprint density at radius 2 is 1.91 bits per heavy atom. The summed E-state index contributed by atoms with van der Waals surface area (Å²) in [6.07, 6.45) is 4.94. The quantitative estimate of drug-likeness (QED) is 0.756. The average Bonchev–Trinajstić information content (AvgIpc) is 2.47. The smallest absolute Gasteiger partial charge is 0.241 e. The van der Waals surface area contributed by atoms with Gasteiger partial charge < -0.3 is 4.74 Å². The van der Waals surface area contributed by atoms with E-state index >= 15 is 0 Å². The second-order valence-electron chi connectivity index (χ2n) is 4.94.